The van der Waals surface area contributed by atoms with Gasteiger partial charge in [-0.25, -0.2) is 13.8 Å². The van der Waals surface area contributed by atoms with Crippen molar-refractivity contribution in [3.8, 4) is 5.75 Å². The molecule has 37 heavy (non-hydrogen) atoms. The maximum absolute atomic E-state index is 12.3. The SMILES string of the molecule is CS(=O)(=O)N(CC(=O)N/N=C\c1ccc(OCC(=O)NCc2ccccc2)cc1)c1cccc(Cl)c1Cl. The van der Waals surface area contributed by atoms with Crippen LogP contribution in [0.2, 0.25) is 10.0 Å². The number of anilines is 1. The molecule has 0 fully saturated rings. The van der Waals surface area contributed by atoms with Gasteiger partial charge in [-0.05, 0) is 47.5 Å². The number of hydrazone groups is 1. The molecule has 3 rings (SSSR count). The van der Waals surface area contributed by atoms with Crippen molar-refractivity contribution in [1.29, 1.82) is 0 Å². The van der Waals surface area contributed by atoms with Crippen molar-refractivity contribution in [1.82, 2.24) is 10.7 Å². The number of carbonyl (C=O) groups is 2. The highest BCUT2D eigenvalue weighted by Crippen LogP contribution is 2.33. The summed E-state index contributed by atoms with van der Waals surface area (Å²) in [7, 11) is -3.83. The molecule has 0 heterocycles. The van der Waals surface area contributed by atoms with E-state index in [1.807, 2.05) is 30.3 Å². The van der Waals surface area contributed by atoms with E-state index in [1.165, 1.54) is 24.4 Å². The molecular weight excluding hydrogens is 539 g/mol. The van der Waals surface area contributed by atoms with E-state index < -0.39 is 22.5 Å². The fraction of sp³-hybridized carbons (Fsp3) is 0.160. The first kappa shape index (κ1) is 28.0. The van der Waals surface area contributed by atoms with Crippen LogP contribution in [0.4, 0.5) is 5.69 Å². The minimum atomic E-state index is -3.83. The van der Waals surface area contributed by atoms with Crippen LogP contribution < -0.4 is 19.8 Å². The van der Waals surface area contributed by atoms with Crippen LogP contribution in [0.1, 0.15) is 11.1 Å². The van der Waals surface area contributed by atoms with E-state index in [-0.39, 0.29) is 28.2 Å². The Morgan fingerprint density at radius 2 is 1.68 bits per heavy atom. The summed E-state index contributed by atoms with van der Waals surface area (Å²) in [5.74, 6) is -0.447. The fourth-order valence-corrected chi connectivity index (χ4v) is 4.37. The van der Waals surface area contributed by atoms with Gasteiger partial charge in [-0.1, -0.05) is 59.6 Å². The number of nitrogens with one attached hydrogen (secondary N) is 2. The second kappa shape index (κ2) is 13.1. The third kappa shape index (κ3) is 8.78. The highest BCUT2D eigenvalue weighted by Gasteiger charge is 2.23. The van der Waals surface area contributed by atoms with Gasteiger partial charge in [-0.15, -0.1) is 0 Å². The van der Waals surface area contributed by atoms with E-state index in [2.05, 4.69) is 15.8 Å². The van der Waals surface area contributed by atoms with Crippen LogP contribution in [-0.4, -0.2) is 45.9 Å². The number of hydrogen-bond donors (Lipinski definition) is 2. The van der Waals surface area contributed by atoms with Gasteiger partial charge in [0.1, 0.15) is 12.3 Å². The fourth-order valence-electron chi connectivity index (χ4n) is 3.06. The molecule has 194 valence electrons. The second-order valence-electron chi connectivity index (χ2n) is 7.76. The number of benzene rings is 3. The lowest BCUT2D eigenvalue weighted by Gasteiger charge is -2.22. The van der Waals surface area contributed by atoms with Crippen LogP contribution in [0.5, 0.6) is 5.75 Å². The predicted molar refractivity (Wildman–Crippen MR) is 145 cm³/mol. The summed E-state index contributed by atoms with van der Waals surface area (Å²) in [6.07, 6.45) is 2.34. The summed E-state index contributed by atoms with van der Waals surface area (Å²) in [4.78, 5) is 24.3. The molecule has 0 spiro atoms. The van der Waals surface area contributed by atoms with Crippen molar-refractivity contribution in [2.24, 2.45) is 5.10 Å². The highest BCUT2D eigenvalue weighted by atomic mass is 35.5. The lowest BCUT2D eigenvalue weighted by Crippen LogP contribution is -2.39. The third-order valence-corrected chi connectivity index (χ3v) is 6.81. The smallest absolute Gasteiger partial charge is 0.260 e. The van der Waals surface area contributed by atoms with E-state index >= 15 is 0 Å². The predicted octanol–water partition coefficient (Wildman–Crippen LogP) is 3.60. The topological polar surface area (TPSA) is 117 Å². The molecule has 12 heteroatoms. The summed E-state index contributed by atoms with van der Waals surface area (Å²) < 4.78 is 30.8. The average Bonchev–Trinajstić information content (AvgIpc) is 2.87. The van der Waals surface area contributed by atoms with Crippen LogP contribution >= 0.6 is 23.2 Å². The summed E-state index contributed by atoms with van der Waals surface area (Å²) in [5, 5.41) is 6.81. The average molecular weight is 563 g/mol. The Balaban J connectivity index is 1.49. The first-order valence-electron chi connectivity index (χ1n) is 10.9. The molecule has 3 aromatic rings. The van der Waals surface area contributed by atoms with E-state index in [0.29, 0.717) is 17.9 Å². The van der Waals surface area contributed by atoms with Gasteiger partial charge in [-0.2, -0.15) is 5.10 Å². The minimum Gasteiger partial charge on any atom is -0.484 e. The molecular formula is C25H24Cl2N4O5S. The zero-order valence-corrected chi connectivity index (χ0v) is 22.1. The van der Waals surface area contributed by atoms with Gasteiger partial charge in [-0.3, -0.25) is 13.9 Å². The normalized spacial score (nSPS) is 11.2. The number of nitrogens with zero attached hydrogens (tertiary/aromatic N) is 2. The van der Waals surface area contributed by atoms with Crippen molar-refractivity contribution in [3.63, 3.8) is 0 Å². The number of sulfonamides is 1. The number of ether oxygens (including phenoxy) is 1. The maximum Gasteiger partial charge on any atom is 0.260 e. The summed E-state index contributed by atoms with van der Waals surface area (Å²) in [6, 6.07) is 20.7. The quantitative estimate of drug-likeness (QED) is 0.273. The van der Waals surface area contributed by atoms with E-state index in [0.717, 1.165) is 16.1 Å². The van der Waals surface area contributed by atoms with Crippen LogP contribution in [0, 0.1) is 0 Å². The van der Waals surface area contributed by atoms with Crippen LogP contribution in [-0.2, 0) is 26.2 Å². The van der Waals surface area contributed by atoms with Gasteiger partial charge in [0.2, 0.25) is 10.0 Å². The molecule has 0 bridgehead atoms. The Kier molecular flexibility index (Phi) is 9.90. The lowest BCUT2D eigenvalue weighted by atomic mass is 10.2. The molecule has 0 saturated heterocycles. The number of halogens is 2. The van der Waals surface area contributed by atoms with Gasteiger partial charge in [0.05, 0.1) is 28.2 Å². The van der Waals surface area contributed by atoms with Gasteiger partial charge in [0.15, 0.2) is 6.61 Å². The standard InChI is InChI=1S/C25H24Cl2N4O5S/c1-37(34,35)31(22-9-5-8-21(26)25(22)27)16-23(32)30-29-15-19-10-12-20(13-11-19)36-17-24(33)28-14-18-6-3-2-4-7-18/h2-13,15H,14,16-17H2,1H3,(H,28,33)(H,30,32)/b29-15-. The molecule has 0 aliphatic carbocycles. The monoisotopic (exact) mass is 562 g/mol. The molecule has 0 radical (unpaired) electrons. The molecule has 0 aliphatic rings. The van der Waals surface area contributed by atoms with Gasteiger partial charge in [0, 0.05) is 6.54 Å². The van der Waals surface area contributed by atoms with Crippen molar-refractivity contribution in [2.45, 2.75) is 6.54 Å². The maximum atomic E-state index is 12.3. The number of rotatable bonds is 11. The Morgan fingerprint density at radius 3 is 2.35 bits per heavy atom. The van der Waals surface area contributed by atoms with Gasteiger partial charge < -0.3 is 10.1 Å². The Morgan fingerprint density at radius 1 is 0.973 bits per heavy atom. The number of hydrogen-bond acceptors (Lipinski definition) is 6. The summed E-state index contributed by atoms with van der Waals surface area (Å²) in [6.45, 7) is -0.266. The van der Waals surface area contributed by atoms with Crippen molar-refractivity contribution in [3.05, 3.63) is 94.0 Å². The minimum absolute atomic E-state index is 0.0156. The number of amides is 2. The summed E-state index contributed by atoms with van der Waals surface area (Å²) in [5.41, 5.74) is 4.00. The van der Waals surface area contributed by atoms with Crippen molar-refractivity contribution < 1.29 is 22.7 Å². The molecule has 9 nitrogen and oxygen atoms in total. The van der Waals surface area contributed by atoms with Crippen molar-refractivity contribution in [2.75, 3.05) is 23.7 Å². The van der Waals surface area contributed by atoms with Crippen LogP contribution in [0.25, 0.3) is 0 Å². The Hall–Kier alpha value is -3.60. The molecule has 0 aliphatic heterocycles. The largest absolute Gasteiger partial charge is 0.484 e. The lowest BCUT2D eigenvalue weighted by molar-refractivity contribution is -0.123. The zero-order chi connectivity index (χ0) is 26.8. The first-order chi connectivity index (χ1) is 17.6. The van der Waals surface area contributed by atoms with E-state index in [4.69, 9.17) is 27.9 Å². The highest BCUT2D eigenvalue weighted by molar-refractivity contribution is 7.92. The molecule has 0 atom stereocenters. The third-order valence-electron chi connectivity index (χ3n) is 4.87. The second-order valence-corrected chi connectivity index (χ2v) is 10.4. The van der Waals surface area contributed by atoms with E-state index in [9.17, 15) is 18.0 Å². The molecule has 0 unspecified atom stereocenters. The van der Waals surface area contributed by atoms with Gasteiger partial charge >= 0.3 is 0 Å². The molecule has 0 saturated carbocycles. The molecule has 2 N–H and O–H groups in total. The van der Waals surface area contributed by atoms with Gasteiger partial charge in [0.25, 0.3) is 11.8 Å². The number of carbonyl (C=O) groups excluding carboxylic acids is 2. The molecule has 3 aromatic carbocycles. The molecule has 0 aromatic heterocycles. The first-order valence-corrected chi connectivity index (χ1v) is 13.5. The van der Waals surface area contributed by atoms with E-state index in [1.54, 1.807) is 24.3 Å². The van der Waals surface area contributed by atoms with Crippen molar-refractivity contribution >= 4 is 56.9 Å². The Bertz CT molecular complexity index is 1370. The summed E-state index contributed by atoms with van der Waals surface area (Å²) >= 11 is 12.1. The van der Waals surface area contributed by atoms with Crippen LogP contribution in [0.15, 0.2) is 77.9 Å². The van der Waals surface area contributed by atoms with Crippen LogP contribution in [0.3, 0.4) is 0 Å². The molecule has 2 amide bonds. The Labute approximate surface area is 225 Å². The zero-order valence-electron chi connectivity index (χ0n) is 19.7.